The summed E-state index contributed by atoms with van der Waals surface area (Å²) in [5, 5.41) is 0.457. The van der Waals surface area contributed by atoms with Crippen molar-refractivity contribution in [3.05, 3.63) is 153 Å². The highest BCUT2D eigenvalue weighted by Gasteiger charge is 2.24. The van der Waals surface area contributed by atoms with Crippen LogP contribution in [0.15, 0.2) is 109 Å². The molecule has 1 saturated heterocycles. The van der Waals surface area contributed by atoms with Gasteiger partial charge in [0, 0.05) is 50.8 Å². The standard InChI is InChI=1S/C45H48ClN3O4.BrH/c1-31-6-10-38(11-7-31)30-52-41-18-19-43(47-28-41)53-44-33(3)26-39(27-42(44)46)34(4)35(5)45(50)49-23-21-48(22-24-49)29-37-14-12-36(13-15-37)20-25-51-40-16-8-32(2)9-17-40;/h6-19,26-28H,20-25,29-30H2,1-5H3;1H/b35-34-;. The van der Waals surface area contributed by atoms with Gasteiger partial charge < -0.3 is 19.1 Å². The Morgan fingerprint density at radius 3 is 1.98 bits per heavy atom. The molecule has 1 fully saturated rings. The van der Waals surface area contributed by atoms with Crippen molar-refractivity contribution in [3.63, 3.8) is 0 Å². The Morgan fingerprint density at radius 2 is 1.35 bits per heavy atom. The van der Waals surface area contributed by atoms with Crippen molar-refractivity contribution in [2.24, 2.45) is 0 Å². The third-order valence-electron chi connectivity index (χ3n) is 9.76. The zero-order chi connectivity index (χ0) is 37.3. The number of rotatable bonds is 13. The predicted molar refractivity (Wildman–Crippen MR) is 223 cm³/mol. The van der Waals surface area contributed by atoms with Gasteiger partial charge >= 0.3 is 0 Å². The molecule has 0 spiro atoms. The summed E-state index contributed by atoms with van der Waals surface area (Å²) in [4.78, 5) is 22.4. The highest BCUT2D eigenvalue weighted by Crippen LogP contribution is 2.36. The van der Waals surface area contributed by atoms with Crippen molar-refractivity contribution in [1.82, 2.24) is 14.8 Å². The molecule has 6 rings (SSSR count). The lowest BCUT2D eigenvalue weighted by molar-refractivity contribution is -0.128. The number of amides is 1. The topological polar surface area (TPSA) is 64.1 Å². The molecule has 282 valence electrons. The van der Waals surface area contributed by atoms with E-state index in [1.807, 2.05) is 56.0 Å². The monoisotopic (exact) mass is 809 g/mol. The van der Waals surface area contributed by atoms with E-state index in [1.165, 1.54) is 22.3 Å². The molecule has 4 aromatic carbocycles. The number of carbonyl (C=O) groups excluding carboxylic acids is 1. The third kappa shape index (κ3) is 11.0. The van der Waals surface area contributed by atoms with Crippen LogP contribution in [-0.4, -0.2) is 53.5 Å². The lowest BCUT2D eigenvalue weighted by atomic mass is 9.99. The minimum absolute atomic E-state index is 0. The summed E-state index contributed by atoms with van der Waals surface area (Å²) in [7, 11) is 0. The van der Waals surface area contributed by atoms with Gasteiger partial charge in [-0.05, 0) is 98.3 Å². The molecule has 7 nitrogen and oxygen atoms in total. The molecule has 0 atom stereocenters. The molecular formula is C45H49BrClN3O4. The van der Waals surface area contributed by atoms with Crippen LogP contribution >= 0.6 is 28.6 Å². The van der Waals surface area contributed by atoms with E-state index in [9.17, 15) is 4.79 Å². The van der Waals surface area contributed by atoms with Crippen LogP contribution in [0.5, 0.6) is 23.1 Å². The number of ether oxygens (including phenoxy) is 3. The smallest absolute Gasteiger partial charge is 0.249 e. The van der Waals surface area contributed by atoms with E-state index in [4.69, 9.17) is 25.8 Å². The van der Waals surface area contributed by atoms with Crippen LogP contribution in [0.2, 0.25) is 5.02 Å². The number of carbonyl (C=O) groups is 1. The summed E-state index contributed by atoms with van der Waals surface area (Å²) in [5.41, 5.74) is 9.42. The summed E-state index contributed by atoms with van der Waals surface area (Å²) in [6.45, 7) is 15.0. The first-order valence-corrected chi connectivity index (χ1v) is 18.6. The molecule has 0 bridgehead atoms. The van der Waals surface area contributed by atoms with Gasteiger partial charge in [0.25, 0.3) is 0 Å². The number of piperazine rings is 1. The van der Waals surface area contributed by atoms with Gasteiger partial charge in [0.05, 0.1) is 17.8 Å². The van der Waals surface area contributed by atoms with Crippen LogP contribution in [-0.2, 0) is 24.4 Å². The molecule has 1 aliphatic heterocycles. The maximum absolute atomic E-state index is 13.6. The maximum Gasteiger partial charge on any atom is 0.249 e. The van der Waals surface area contributed by atoms with E-state index in [0.29, 0.717) is 54.3 Å². The average molecular weight is 811 g/mol. The largest absolute Gasteiger partial charge is 0.493 e. The molecule has 1 amide bonds. The molecule has 5 aromatic rings. The number of benzene rings is 4. The van der Waals surface area contributed by atoms with Crippen molar-refractivity contribution >= 4 is 40.1 Å². The van der Waals surface area contributed by atoms with E-state index in [1.54, 1.807) is 12.3 Å². The summed E-state index contributed by atoms with van der Waals surface area (Å²) < 4.78 is 17.9. The van der Waals surface area contributed by atoms with Crippen LogP contribution in [0.1, 0.15) is 52.8 Å². The van der Waals surface area contributed by atoms with Gasteiger partial charge in [-0.3, -0.25) is 9.69 Å². The Hall–Kier alpha value is -4.63. The van der Waals surface area contributed by atoms with Crippen molar-refractivity contribution in [2.45, 2.75) is 54.2 Å². The zero-order valence-electron chi connectivity index (χ0n) is 31.7. The number of aryl methyl sites for hydroxylation is 3. The highest BCUT2D eigenvalue weighted by atomic mass is 79.9. The molecule has 0 radical (unpaired) electrons. The van der Waals surface area contributed by atoms with Gasteiger partial charge in [-0.15, -0.1) is 17.0 Å². The Labute approximate surface area is 335 Å². The number of aromatic nitrogens is 1. The molecule has 2 heterocycles. The zero-order valence-corrected chi connectivity index (χ0v) is 34.2. The average Bonchev–Trinajstić information content (AvgIpc) is 3.17. The summed E-state index contributed by atoms with van der Waals surface area (Å²) in [6, 6.07) is 32.7. The highest BCUT2D eigenvalue weighted by molar-refractivity contribution is 8.93. The van der Waals surface area contributed by atoms with Crippen LogP contribution in [0.3, 0.4) is 0 Å². The Kier molecular flexibility index (Phi) is 14.3. The molecule has 0 saturated carbocycles. The fraction of sp³-hybridized carbons (Fsp3) is 0.289. The van der Waals surface area contributed by atoms with E-state index in [-0.39, 0.29) is 22.9 Å². The minimum atomic E-state index is 0. The van der Waals surface area contributed by atoms with Crippen LogP contribution in [0.4, 0.5) is 0 Å². The summed E-state index contributed by atoms with van der Waals surface area (Å²) in [6.07, 6.45) is 2.51. The fourth-order valence-electron chi connectivity index (χ4n) is 6.26. The van der Waals surface area contributed by atoms with Crippen LogP contribution in [0.25, 0.3) is 5.57 Å². The van der Waals surface area contributed by atoms with Crippen molar-refractivity contribution in [2.75, 3.05) is 32.8 Å². The third-order valence-corrected chi connectivity index (χ3v) is 10.0. The number of allylic oxidation sites excluding steroid dienone is 1. The lowest BCUT2D eigenvalue weighted by Gasteiger charge is -2.35. The number of hydrogen-bond donors (Lipinski definition) is 0. The Morgan fingerprint density at radius 1 is 0.741 bits per heavy atom. The maximum atomic E-state index is 13.6. The molecule has 0 aliphatic carbocycles. The molecule has 0 unspecified atom stereocenters. The Bertz CT molecular complexity index is 2000. The van der Waals surface area contributed by atoms with Crippen LogP contribution < -0.4 is 14.2 Å². The number of nitrogens with zero attached hydrogens (tertiary/aromatic N) is 3. The predicted octanol–water partition coefficient (Wildman–Crippen LogP) is 10.4. The second-order valence-electron chi connectivity index (χ2n) is 13.9. The molecule has 1 aliphatic rings. The lowest BCUT2D eigenvalue weighted by Crippen LogP contribution is -2.48. The van der Waals surface area contributed by atoms with Gasteiger partial charge in [0.2, 0.25) is 11.8 Å². The first kappa shape index (κ1) is 40.6. The van der Waals surface area contributed by atoms with Crippen LogP contribution in [0, 0.1) is 20.8 Å². The fourth-order valence-corrected chi connectivity index (χ4v) is 6.56. The first-order valence-electron chi connectivity index (χ1n) is 18.2. The van der Waals surface area contributed by atoms with E-state index >= 15 is 0 Å². The molecule has 0 N–H and O–H groups in total. The molecule has 1 aromatic heterocycles. The molecule has 9 heteroatoms. The molecular weight excluding hydrogens is 762 g/mol. The number of hydrogen-bond acceptors (Lipinski definition) is 6. The number of halogens is 2. The molecule has 54 heavy (non-hydrogen) atoms. The number of pyridine rings is 1. The van der Waals surface area contributed by atoms with Gasteiger partial charge in [0.15, 0.2) is 5.75 Å². The van der Waals surface area contributed by atoms with Crippen molar-refractivity contribution < 1.29 is 19.0 Å². The normalized spacial score (nSPS) is 13.5. The second-order valence-corrected chi connectivity index (χ2v) is 14.3. The van der Waals surface area contributed by atoms with E-state index < -0.39 is 0 Å². The van der Waals surface area contributed by atoms with Gasteiger partial charge in [-0.2, -0.15) is 0 Å². The van der Waals surface area contributed by atoms with Crippen molar-refractivity contribution in [3.8, 4) is 23.1 Å². The summed E-state index contributed by atoms with van der Waals surface area (Å²) >= 11 is 6.76. The van der Waals surface area contributed by atoms with Gasteiger partial charge in [-0.1, -0.05) is 83.4 Å². The minimum Gasteiger partial charge on any atom is -0.493 e. The van der Waals surface area contributed by atoms with Crippen molar-refractivity contribution in [1.29, 1.82) is 0 Å². The first-order chi connectivity index (χ1) is 25.6. The summed E-state index contributed by atoms with van der Waals surface area (Å²) in [5.74, 6) is 2.57. The van der Waals surface area contributed by atoms with Gasteiger partial charge in [0.1, 0.15) is 18.1 Å². The quantitative estimate of drug-likeness (QED) is 0.110. The van der Waals surface area contributed by atoms with E-state index in [2.05, 4.69) is 84.4 Å². The Balaban J connectivity index is 0.00000561. The SMILES string of the molecule is Br.C/C(C(=O)N1CCN(Cc2ccc(CCOc3ccc(C)cc3)cc2)CC1)=C(\C)c1cc(C)c(Oc2ccc(OCc3ccc(C)cc3)cn2)c(Cl)c1. The van der Waals surface area contributed by atoms with E-state index in [0.717, 1.165) is 54.1 Å². The van der Waals surface area contributed by atoms with Gasteiger partial charge in [-0.25, -0.2) is 4.98 Å². The second kappa shape index (κ2) is 19.1.